The first kappa shape index (κ1) is 7.85. The average molecular weight is 154 g/mol. The summed E-state index contributed by atoms with van der Waals surface area (Å²) in [5, 5.41) is 0. The highest BCUT2D eigenvalue weighted by molar-refractivity contribution is 5.64. The van der Waals surface area contributed by atoms with E-state index in [9.17, 15) is 4.79 Å². The van der Waals surface area contributed by atoms with Crippen molar-refractivity contribution < 1.29 is 14.3 Å². The summed E-state index contributed by atoms with van der Waals surface area (Å²) in [7, 11) is 0. The fourth-order valence-corrected chi connectivity index (χ4v) is 0.825. The zero-order valence-corrected chi connectivity index (χ0v) is 6.42. The molecule has 60 valence electrons. The number of allylic oxidation sites excluding steroid dienone is 2. The monoisotopic (exact) mass is 154 g/mol. The Morgan fingerprint density at radius 1 is 1.82 bits per heavy atom. The van der Waals surface area contributed by atoms with Gasteiger partial charge in [-0.3, -0.25) is 0 Å². The summed E-state index contributed by atoms with van der Waals surface area (Å²) in [6.07, 6.45) is 1.88. The summed E-state index contributed by atoms with van der Waals surface area (Å²) in [4.78, 5) is 10.5. The third-order valence-electron chi connectivity index (χ3n) is 1.45. The summed E-state index contributed by atoms with van der Waals surface area (Å²) in [6, 6.07) is 0. The smallest absolute Gasteiger partial charge is 0.426 e. The molecule has 0 aromatic carbocycles. The van der Waals surface area contributed by atoms with Gasteiger partial charge >= 0.3 is 6.16 Å². The van der Waals surface area contributed by atoms with E-state index in [0.29, 0.717) is 5.76 Å². The molecule has 3 heteroatoms. The summed E-state index contributed by atoms with van der Waals surface area (Å²) < 4.78 is 9.33. The minimum absolute atomic E-state index is 0.262. The van der Waals surface area contributed by atoms with Gasteiger partial charge in [-0.15, -0.1) is 6.58 Å². The van der Waals surface area contributed by atoms with Crippen LogP contribution < -0.4 is 0 Å². The van der Waals surface area contributed by atoms with Gasteiger partial charge < -0.3 is 9.47 Å². The summed E-state index contributed by atoms with van der Waals surface area (Å²) in [5.74, 6) is 0.620. The van der Waals surface area contributed by atoms with Crippen LogP contribution >= 0.6 is 0 Å². The maximum atomic E-state index is 10.5. The van der Waals surface area contributed by atoms with E-state index in [1.165, 1.54) is 0 Å². The van der Waals surface area contributed by atoms with Gasteiger partial charge in [0.1, 0.15) is 5.76 Å². The molecule has 1 aliphatic rings. The molecule has 0 radical (unpaired) electrons. The van der Waals surface area contributed by atoms with Gasteiger partial charge in [-0.1, -0.05) is 6.08 Å². The highest BCUT2D eigenvalue weighted by atomic mass is 16.8. The van der Waals surface area contributed by atoms with Gasteiger partial charge in [0.05, 0.1) is 0 Å². The first-order chi connectivity index (χ1) is 5.24. The van der Waals surface area contributed by atoms with Crippen LogP contribution in [0, 0.1) is 0 Å². The molecule has 3 nitrogen and oxygen atoms in total. The third-order valence-corrected chi connectivity index (χ3v) is 1.45. The van der Waals surface area contributed by atoms with Crippen LogP contribution in [0.25, 0.3) is 0 Å². The number of hydrogen-bond acceptors (Lipinski definition) is 3. The molecule has 0 unspecified atom stereocenters. The second kappa shape index (κ2) is 3.23. The van der Waals surface area contributed by atoms with Crippen molar-refractivity contribution in [2.45, 2.75) is 13.3 Å². The van der Waals surface area contributed by atoms with Gasteiger partial charge in [-0.2, -0.15) is 0 Å². The summed E-state index contributed by atoms with van der Waals surface area (Å²) >= 11 is 0. The van der Waals surface area contributed by atoms with Crippen molar-refractivity contribution in [1.29, 1.82) is 0 Å². The molecule has 0 atom stereocenters. The van der Waals surface area contributed by atoms with Crippen molar-refractivity contribution in [1.82, 2.24) is 0 Å². The number of cyclic esters (lactones) is 2. The Hall–Kier alpha value is -1.25. The molecule has 0 aromatic rings. The quantitative estimate of drug-likeness (QED) is 0.450. The van der Waals surface area contributed by atoms with Crippen LogP contribution in [-0.4, -0.2) is 12.8 Å². The molecule has 0 spiro atoms. The van der Waals surface area contributed by atoms with Crippen molar-refractivity contribution in [2.75, 3.05) is 6.61 Å². The second-order valence-corrected chi connectivity index (χ2v) is 2.34. The van der Waals surface area contributed by atoms with E-state index in [2.05, 4.69) is 11.3 Å². The fraction of sp³-hybridized carbons (Fsp3) is 0.375. The molecule has 1 aliphatic heterocycles. The number of ether oxygens (including phenoxy) is 2. The van der Waals surface area contributed by atoms with Crippen LogP contribution in [0.1, 0.15) is 13.3 Å². The van der Waals surface area contributed by atoms with Gasteiger partial charge in [-0.05, 0) is 18.9 Å². The van der Waals surface area contributed by atoms with Crippen LogP contribution in [0.4, 0.5) is 4.79 Å². The predicted molar refractivity (Wildman–Crippen MR) is 39.9 cm³/mol. The summed E-state index contributed by atoms with van der Waals surface area (Å²) in [5.41, 5.74) is 0.992. The molecule has 0 amide bonds. The van der Waals surface area contributed by atoms with E-state index in [0.717, 1.165) is 12.0 Å². The van der Waals surface area contributed by atoms with Crippen molar-refractivity contribution >= 4 is 6.16 Å². The van der Waals surface area contributed by atoms with Gasteiger partial charge in [0.2, 0.25) is 0 Å². The third kappa shape index (κ3) is 1.83. The largest absolute Gasteiger partial charge is 0.514 e. The predicted octanol–water partition coefficient (Wildman–Crippen LogP) is 2.00. The molecule has 11 heavy (non-hydrogen) atoms. The van der Waals surface area contributed by atoms with E-state index in [1.54, 1.807) is 6.08 Å². The van der Waals surface area contributed by atoms with E-state index < -0.39 is 6.16 Å². The first-order valence-corrected chi connectivity index (χ1v) is 3.38. The van der Waals surface area contributed by atoms with E-state index in [-0.39, 0.29) is 6.61 Å². The SMILES string of the molecule is C=CCC(C)=C1COC(=O)O1. The highest BCUT2D eigenvalue weighted by Crippen LogP contribution is 2.16. The second-order valence-electron chi connectivity index (χ2n) is 2.34. The van der Waals surface area contributed by atoms with Crippen LogP contribution in [-0.2, 0) is 9.47 Å². The standard InChI is InChI=1S/C8H10O3/c1-3-4-6(2)7-5-10-8(9)11-7/h3H,1,4-5H2,2H3. The van der Waals surface area contributed by atoms with Gasteiger partial charge in [-0.25, -0.2) is 4.79 Å². The Balaban J connectivity index is 2.64. The van der Waals surface area contributed by atoms with E-state index >= 15 is 0 Å². The number of carbonyl (C=O) groups is 1. The van der Waals surface area contributed by atoms with Crippen molar-refractivity contribution in [3.63, 3.8) is 0 Å². The van der Waals surface area contributed by atoms with Gasteiger partial charge in [0, 0.05) is 0 Å². The lowest BCUT2D eigenvalue weighted by Gasteiger charge is -1.97. The number of hydrogen-bond donors (Lipinski definition) is 0. The minimum atomic E-state index is -0.608. The van der Waals surface area contributed by atoms with Crippen molar-refractivity contribution in [3.05, 3.63) is 24.0 Å². The average Bonchev–Trinajstić information content (AvgIpc) is 2.36. The highest BCUT2D eigenvalue weighted by Gasteiger charge is 2.19. The lowest BCUT2D eigenvalue weighted by Crippen LogP contribution is -1.90. The zero-order valence-electron chi connectivity index (χ0n) is 6.42. The molecule has 0 aliphatic carbocycles. The Morgan fingerprint density at radius 2 is 2.55 bits per heavy atom. The molecule has 1 saturated heterocycles. The molecule has 0 aromatic heterocycles. The normalized spacial score (nSPS) is 20.6. The number of carbonyl (C=O) groups excluding carboxylic acids is 1. The fourth-order valence-electron chi connectivity index (χ4n) is 0.825. The van der Waals surface area contributed by atoms with E-state index in [1.807, 2.05) is 6.92 Å². The van der Waals surface area contributed by atoms with Gasteiger partial charge in [0.25, 0.3) is 0 Å². The first-order valence-electron chi connectivity index (χ1n) is 3.38. The molecule has 1 heterocycles. The van der Waals surface area contributed by atoms with Crippen LogP contribution in [0.15, 0.2) is 24.0 Å². The molecule has 1 fully saturated rings. The Labute approximate surface area is 65.3 Å². The lowest BCUT2D eigenvalue weighted by atomic mass is 10.2. The molecular weight excluding hydrogens is 144 g/mol. The Morgan fingerprint density at radius 3 is 3.00 bits per heavy atom. The van der Waals surface area contributed by atoms with E-state index in [4.69, 9.17) is 4.74 Å². The lowest BCUT2D eigenvalue weighted by molar-refractivity contribution is 0.136. The molecule has 0 bridgehead atoms. The molecule has 1 rings (SSSR count). The zero-order chi connectivity index (χ0) is 8.27. The maximum Gasteiger partial charge on any atom is 0.514 e. The van der Waals surface area contributed by atoms with Crippen molar-refractivity contribution in [2.24, 2.45) is 0 Å². The molecule has 0 saturated carbocycles. The van der Waals surface area contributed by atoms with Crippen LogP contribution in [0.3, 0.4) is 0 Å². The molecular formula is C8H10O3. The molecule has 0 N–H and O–H groups in total. The Bertz CT molecular complexity index is 215. The number of rotatable bonds is 2. The van der Waals surface area contributed by atoms with Gasteiger partial charge in [0.15, 0.2) is 6.61 Å². The topological polar surface area (TPSA) is 35.5 Å². The maximum absolute atomic E-state index is 10.5. The summed E-state index contributed by atoms with van der Waals surface area (Å²) in [6.45, 7) is 5.73. The Kier molecular flexibility index (Phi) is 2.31. The minimum Gasteiger partial charge on any atom is -0.426 e. The van der Waals surface area contributed by atoms with Crippen LogP contribution in [0.5, 0.6) is 0 Å². The van der Waals surface area contributed by atoms with Crippen LogP contribution in [0.2, 0.25) is 0 Å². The van der Waals surface area contributed by atoms with Crippen molar-refractivity contribution in [3.8, 4) is 0 Å².